The van der Waals surface area contributed by atoms with Gasteiger partial charge in [0.2, 0.25) is 0 Å². The SMILES string of the molecule is CC1CCC(Nc2cc(N3CCN(C)CC3)ccc2C(=O)Nc2n[nH]c3ccc(Cc4cc(F)cc(F)c4)cc23)CC1. The summed E-state index contributed by atoms with van der Waals surface area (Å²) in [7, 11) is 2.14. The smallest absolute Gasteiger partial charge is 0.258 e. The standard InChI is InChI=1S/C33H38F2N6O/c1-21-3-6-26(7-4-21)36-31-20-27(41-13-11-40(2)12-14-41)8-9-28(31)33(42)37-32-29-18-22(5-10-30(29)38-39-32)15-23-16-24(34)19-25(35)17-23/h5,8-10,16-21,26,36H,3-4,6-7,11-15H2,1-2H3,(H2,37,38,39,42). The molecule has 9 heteroatoms. The van der Waals surface area contributed by atoms with Crippen LogP contribution in [0.3, 0.4) is 0 Å². The van der Waals surface area contributed by atoms with E-state index < -0.39 is 11.6 Å². The molecular formula is C33H38F2N6O. The highest BCUT2D eigenvalue weighted by Gasteiger charge is 2.23. The second-order valence-electron chi connectivity index (χ2n) is 12.0. The lowest BCUT2D eigenvalue weighted by Gasteiger charge is -2.35. The van der Waals surface area contributed by atoms with Crippen molar-refractivity contribution in [2.45, 2.75) is 45.1 Å². The van der Waals surface area contributed by atoms with Crippen molar-refractivity contribution in [3.05, 3.63) is 82.9 Å². The Kier molecular flexibility index (Phi) is 8.11. The zero-order chi connectivity index (χ0) is 29.2. The summed E-state index contributed by atoms with van der Waals surface area (Å²) in [6, 6.07) is 15.6. The maximum absolute atomic E-state index is 13.7. The van der Waals surface area contributed by atoms with Crippen LogP contribution in [0.15, 0.2) is 54.6 Å². The van der Waals surface area contributed by atoms with E-state index >= 15 is 0 Å². The topological polar surface area (TPSA) is 76.3 Å². The van der Waals surface area contributed by atoms with Crippen molar-refractivity contribution < 1.29 is 13.6 Å². The number of fused-ring (bicyclic) bond motifs is 1. The van der Waals surface area contributed by atoms with Crippen LogP contribution in [-0.2, 0) is 6.42 Å². The van der Waals surface area contributed by atoms with Crippen LogP contribution in [0.25, 0.3) is 10.9 Å². The number of carbonyl (C=O) groups is 1. The number of hydrogen-bond donors (Lipinski definition) is 3. The minimum atomic E-state index is -0.604. The molecule has 3 aromatic carbocycles. The number of hydrogen-bond acceptors (Lipinski definition) is 5. The Hall–Kier alpha value is -3.98. The third kappa shape index (κ3) is 6.41. The van der Waals surface area contributed by atoms with Gasteiger partial charge in [-0.15, -0.1) is 0 Å². The summed E-state index contributed by atoms with van der Waals surface area (Å²) in [4.78, 5) is 18.5. The first-order valence-corrected chi connectivity index (χ1v) is 14.9. The molecule has 1 aliphatic carbocycles. The van der Waals surface area contributed by atoms with Crippen molar-refractivity contribution in [2.75, 3.05) is 48.8 Å². The normalized spacial score (nSPS) is 19.7. The lowest BCUT2D eigenvalue weighted by molar-refractivity contribution is 0.102. The quantitative estimate of drug-likeness (QED) is 0.238. The Bertz CT molecular complexity index is 1550. The van der Waals surface area contributed by atoms with Crippen molar-refractivity contribution in [2.24, 2.45) is 5.92 Å². The largest absolute Gasteiger partial charge is 0.382 e. The molecule has 2 heterocycles. The van der Waals surface area contributed by atoms with E-state index in [9.17, 15) is 13.6 Å². The third-order valence-corrected chi connectivity index (χ3v) is 8.68. The van der Waals surface area contributed by atoms with E-state index in [4.69, 9.17) is 0 Å². The van der Waals surface area contributed by atoms with E-state index in [2.05, 4.69) is 50.7 Å². The first-order chi connectivity index (χ1) is 20.3. The highest BCUT2D eigenvalue weighted by Crippen LogP contribution is 2.31. The summed E-state index contributed by atoms with van der Waals surface area (Å²) in [6.45, 7) is 6.22. The highest BCUT2D eigenvalue weighted by molar-refractivity contribution is 6.11. The summed E-state index contributed by atoms with van der Waals surface area (Å²) in [6.07, 6.45) is 4.89. The molecule has 42 heavy (non-hydrogen) atoms. The van der Waals surface area contributed by atoms with Gasteiger partial charge in [-0.25, -0.2) is 8.78 Å². The van der Waals surface area contributed by atoms with Gasteiger partial charge in [0, 0.05) is 55.0 Å². The van der Waals surface area contributed by atoms with E-state index in [1.165, 1.54) is 25.0 Å². The minimum Gasteiger partial charge on any atom is -0.382 e. The molecule has 2 aliphatic rings. The van der Waals surface area contributed by atoms with E-state index in [-0.39, 0.29) is 5.91 Å². The summed E-state index contributed by atoms with van der Waals surface area (Å²) in [5, 5.41) is 14.8. The van der Waals surface area contributed by atoms with Gasteiger partial charge < -0.3 is 20.4 Å². The number of likely N-dealkylation sites (N-methyl/N-ethyl adjacent to an activating group) is 1. The number of nitrogens with one attached hydrogen (secondary N) is 3. The molecule has 4 aromatic rings. The molecule has 0 radical (unpaired) electrons. The van der Waals surface area contributed by atoms with E-state index in [1.54, 1.807) is 0 Å². The van der Waals surface area contributed by atoms with Gasteiger partial charge in [-0.3, -0.25) is 9.89 Å². The van der Waals surface area contributed by atoms with Crippen LogP contribution in [0.5, 0.6) is 0 Å². The fraction of sp³-hybridized carbons (Fsp3) is 0.394. The molecule has 0 bridgehead atoms. The number of aromatic amines is 1. The summed E-state index contributed by atoms with van der Waals surface area (Å²) in [5.41, 5.74) is 4.70. The molecule has 2 fully saturated rings. The highest BCUT2D eigenvalue weighted by atomic mass is 19.1. The van der Waals surface area contributed by atoms with Crippen LogP contribution in [0.1, 0.15) is 54.1 Å². The van der Waals surface area contributed by atoms with Gasteiger partial charge in [0.25, 0.3) is 5.91 Å². The van der Waals surface area contributed by atoms with E-state index in [0.29, 0.717) is 29.4 Å². The first kappa shape index (κ1) is 28.2. The van der Waals surface area contributed by atoms with Crippen molar-refractivity contribution >= 4 is 34.0 Å². The number of H-pyrrole nitrogens is 1. The predicted octanol–water partition coefficient (Wildman–Crippen LogP) is 6.43. The van der Waals surface area contributed by atoms with Gasteiger partial charge in [-0.1, -0.05) is 13.0 Å². The fourth-order valence-electron chi connectivity index (χ4n) is 6.13. The lowest BCUT2D eigenvalue weighted by atomic mass is 9.87. The van der Waals surface area contributed by atoms with Crippen LogP contribution >= 0.6 is 0 Å². The number of rotatable bonds is 7. The van der Waals surface area contributed by atoms with Crippen molar-refractivity contribution in [3.8, 4) is 0 Å². The van der Waals surface area contributed by atoms with Gasteiger partial charge in [0.05, 0.1) is 11.1 Å². The summed E-state index contributed by atoms with van der Waals surface area (Å²) < 4.78 is 27.5. The molecule has 3 N–H and O–H groups in total. The Labute approximate surface area is 245 Å². The maximum atomic E-state index is 13.7. The van der Waals surface area contributed by atoms with Gasteiger partial charge >= 0.3 is 0 Å². The molecule has 1 aromatic heterocycles. The van der Waals surface area contributed by atoms with Gasteiger partial charge in [-0.2, -0.15) is 5.10 Å². The number of piperazine rings is 1. The molecule has 1 aliphatic heterocycles. The number of halogens is 2. The molecule has 220 valence electrons. The second kappa shape index (κ2) is 12.1. The molecule has 0 unspecified atom stereocenters. The zero-order valence-corrected chi connectivity index (χ0v) is 24.2. The molecule has 7 nitrogen and oxygen atoms in total. The molecule has 0 spiro atoms. The van der Waals surface area contributed by atoms with E-state index in [1.807, 2.05) is 30.3 Å². The Balaban J connectivity index is 1.25. The molecule has 0 atom stereocenters. The second-order valence-corrected chi connectivity index (χ2v) is 12.0. The van der Waals surface area contributed by atoms with Gasteiger partial charge in [0.1, 0.15) is 11.6 Å². The Morgan fingerprint density at radius 2 is 1.67 bits per heavy atom. The van der Waals surface area contributed by atoms with Crippen LogP contribution in [0.4, 0.5) is 26.0 Å². The fourth-order valence-corrected chi connectivity index (χ4v) is 6.13. The maximum Gasteiger partial charge on any atom is 0.258 e. The molecular weight excluding hydrogens is 534 g/mol. The van der Waals surface area contributed by atoms with Crippen LogP contribution < -0.4 is 15.5 Å². The summed E-state index contributed by atoms with van der Waals surface area (Å²) >= 11 is 0. The monoisotopic (exact) mass is 572 g/mol. The van der Waals surface area contributed by atoms with Gasteiger partial charge in [-0.05, 0) is 98.7 Å². The Morgan fingerprint density at radius 1 is 0.929 bits per heavy atom. The number of anilines is 3. The first-order valence-electron chi connectivity index (χ1n) is 14.9. The number of carbonyl (C=O) groups excluding carboxylic acids is 1. The molecule has 1 saturated heterocycles. The predicted molar refractivity (Wildman–Crippen MR) is 164 cm³/mol. The number of amides is 1. The van der Waals surface area contributed by atoms with Crippen LogP contribution in [-0.4, -0.2) is 60.3 Å². The van der Waals surface area contributed by atoms with Crippen LogP contribution in [0, 0.1) is 17.6 Å². The number of benzene rings is 3. The molecule has 1 saturated carbocycles. The average molecular weight is 573 g/mol. The number of nitrogens with zero attached hydrogens (tertiary/aromatic N) is 3. The summed E-state index contributed by atoms with van der Waals surface area (Å²) in [5.74, 6) is -0.290. The van der Waals surface area contributed by atoms with Crippen LogP contribution in [0.2, 0.25) is 0 Å². The van der Waals surface area contributed by atoms with Crippen molar-refractivity contribution in [3.63, 3.8) is 0 Å². The molecule has 6 rings (SSSR count). The third-order valence-electron chi connectivity index (χ3n) is 8.68. The lowest BCUT2D eigenvalue weighted by Crippen LogP contribution is -2.44. The van der Waals surface area contributed by atoms with Crippen molar-refractivity contribution in [1.82, 2.24) is 15.1 Å². The minimum absolute atomic E-state index is 0.238. The zero-order valence-electron chi connectivity index (χ0n) is 24.2. The number of aromatic nitrogens is 2. The van der Waals surface area contributed by atoms with Gasteiger partial charge in [0.15, 0.2) is 5.82 Å². The molecule has 1 amide bonds. The average Bonchev–Trinajstić information content (AvgIpc) is 3.36. The van der Waals surface area contributed by atoms with E-state index in [0.717, 1.165) is 78.8 Å². The Morgan fingerprint density at radius 3 is 2.40 bits per heavy atom. The van der Waals surface area contributed by atoms with Crippen molar-refractivity contribution in [1.29, 1.82) is 0 Å².